The van der Waals surface area contributed by atoms with E-state index < -0.39 is 0 Å². The van der Waals surface area contributed by atoms with Crippen molar-refractivity contribution < 1.29 is 4.52 Å². The summed E-state index contributed by atoms with van der Waals surface area (Å²) in [5.74, 6) is 0. The summed E-state index contributed by atoms with van der Waals surface area (Å²) in [4.78, 5) is 0. The minimum Gasteiger partial charge on any atom is -0.356 e. The molecule has 0 unspecified atom stereocenters. The highest BCUT2D eigenvalue weighted by Crippen LogP contribution is 2.21. The first-order valence-electron chi connectivity index (χ1n) is 4.17. The lowest BCUT2D eigenvalue weighted by Gasteiger charge is -1.94. The molecule has 13 heavy (non-hydrogen) atoms. The summed E-state index contributed by atoms with van der Waals surface area (Å²) in [6.45, 7) is 0. The largest absolute Gasteiger partial charge is 0.356 e. The lowest BCUT2D eigenvalue weighted by Crippen LogP contribution is -1.70. The fraction of sp³-hybridized carbons (Fsp3) is 0. The highest BCUT2D eigenvalue weighted by Gasteiger charge is 1.99. The van der Waals surface area contributed by atoms with Gasteiger partial charge in [-0.05, 0) is 22.9 Å². The first kappa shape index (κ1) is 6.66. The summed E-state index contributed by atoms with van der Waals surface area (Å²) in [7, 11) is 0. The number of aromatic nitrogens is 1. The maximum atomic E-state index is 5.08. The van der Waals surface area contributed by atoms with Crippen LogP contribution in [0, 0.1) is 0 Å². The molecule has 0 bridgehead atoms. The summed E-state index contributed by atoms with van der Waals surface area (Å²) >= 11 is 0. The van der Waals surface area contributed by atoms with Crippen molar-refractivity contribution >= 4 is 21.7 Å². The van der Waals surface area contributed by atoms with E-state index in [0.717, 1.165) is 11.0 Å². The number of rotatable bonds is 0. The molecule has 2 aromatic carbocycles. The minimum absolute atomic E-state index is 0.846. The Hall–Kier alpha value is -1.83. The summed E-state index contributed by atoms with van der Waals surface area (Å²) in [6, 6.07) is 12.3. The van der Waals surface area contributed by atoms with Crippen LogP contribution in [0.15, 0.2) is 47.1 Å². The van der Waals surface area contributed by atoms with Gasteiger partial charge in [-0.25, -0.2) is 0 Å². The van der Waals surface area contributed by atoms with E-state index in [1.54, 1.807) is 6.20 Å². The van der Waals surface area contributed by atoms with Crippen LogP contribution in [0.1, 0.15) is 0 Å². The van der Waals surface area contributed by atoms with Gasteiger partial charge in [-0.2, -0.15) is 0 Å². The zero-order chi connectivity index (χ0) is 8.67. The van der Waals surface area contributed by atoms with Gasteiger partial charge in [-0.15, -0.1) is 0 Å². The Kier molecular flexibility index (Phi) is 1.19. The summed E-state index contributed by atoms with van der Waals surface area (Å²) in [5.41, 5.74) is 0.846. The Morgan fingerprint density at radius 2 is 1.69 bits per heavy atom. The molecule has 0 aliphatic rings. The molecule has 1 aromatic heterocycles. The molecule has 0 aliphatic carbocycles. The van der Waals surface area contributed by atoms with Crippen LogP contribution >= 0.6 is 0 Å². The molecule has 0 spiro atoms. The van der Waals surface area contributed by atoms with Crippen molar-refractivity contribution in [2.24, 2.45) is 0 Å². The molecule has 0 radical (unpaired) electrons. The predicted octanol–water partition coefficient (Wildman–Crippen LogP) is 2.98. The Morgan fingerprint density at radius 1 is 0.923 bits per heavy atom. The molecule has 2 nitrogen and oxygen atoms in total. The van der Waals surface area contributed by atoms with Crippen LogP contribution in [0.5, 0.6) is 0 Å². The van der Waals surface area contributed by atoms with Gasteiger partial charge < -0.3 is 4.52 Å². The molecule has 0 saturated carbocycles. The molecule has 2 heteroatoms. The van der Waals surface area contributed by atoms with Gasteiger partial charge >= 0.3 is 0 Å². The molecule has 0 atom stereocenters. The second-order valence-electron chi connectivity index (χ2n) is 3.06. The van der Waals surface area contributed by atoms with Gasteiger partial charge in [-0.3, -0.25) is 0 Å². The van der Waals surface area contributed by atoms with Gasteiger partial charge in [0.15, 0.2) is 5.58 Å². The number of benzene rings is 2. The topological polar surface area (TPSA) is 26.0 Å². The Balaban J connectivity index is 2.57. The van der Waals surface area contributed by atoms with Gasteiger partial charge in [-0.1, -0.05) is 29.4 Å². The van der Waals surface area contributed by atoms with E-state index in [-0.39, 0.29) is 0 Å². The second kappa shape index (κ2) is 2.33. The average Bonchev–Trinajstić information content (AvgIpc) is 2.61. The van der Waals surface area contributed by atoms with Gasteiger partial charge in [0.2, 0.25) is 0 Å². The van der Waals surface area contributed by atoms with E-state index >= 15 is 0 Å². The monoisotopic (exact) mass is 169 g/mol. The van der Waals surface area contributed by atoms with Gasteiger partial charge in [0.25, 0.3) is 0 Å². The van der Waals surface area contributed by atoms with Crippen LogP contribution in [-0.2, 0) is 0 Å². The third-order valence-electron chi connectivity index (χ3n) is 2.22. The van der Waals surface area contributed by atoms with E-state index in [4.69, 9.17) is 4.52 Å². The van der Waals surface area contributed by atoms with Crippen LogP contribution in [0.2, 0.25) is 0 Å². The van der Waals surface area contributed by atoms with Crippen LogP contribution in [0.25, 0.3) is 21.7 Å². The summed E-state index contributed by atoms with van der Waals surface area (Å²) < 4.78 is 5.08. The lowest BCUT2D eigenvalue weighted by atomic mass is 10.1. The standard InChI is InChI=1S/C11H7NO/c1-2-4-9-6-11-10(7-12-13-11)5-8(9)3-1/h1-7H. The first-order chi connectivity index (χ1) is 6.43. The van der Waals surface area contributed by atoms with E-state index in [0.29, 0.717) is 0 Å². The Morgan fingerprint density at radius 3 is 2.54 bits per heavy atom. The molecular formula is C11H7NO. The Bertz CT molecular complexity index is 519. The fourth-order valence-corrected chi connectivity index (χ4v) is 1.56. The molecule has 0 aliphatic heterocycles. The third-order valence-corrected chi connectivity index (χ3v) is 2.22. The van der Waals surface area contributed by atoms with Crippen LogP contribution < -0.4 is 0 Å². The predicted molar refractivity (Wildman–Crippen MR) is 51.5 cm³/mol. The zero-order valence-corrected chi connectivity index (χ0v) is 6.90. The third kappa shape index (κ3) is 0.920. The number of hydrogen-bond donors (Lipinski definition) is 0. The second-order valence-corrected chi connectivity index (χ2v) is 3.06. The highest BCUT2D eigenvalue weighted by atomic mass is 16.5. The quantitative estimate of drug-likeness (QED) is 0.517. The van der Waals surface area contributed by atoms with Crippen molar-refractivity contribution in [2.45, 2.75) is 0 Å². The number of hydrogen-bond acceptors (Lipinski definition) is 2. The molecular weight excluding hydrogens is 162 g/mol. The number of nitrogens with zero attached hydrogens (tertiary/aromatic N) is 1. The molecule has 0 amide bonds. The fourth-order valence-electron chi connectivity index (χ4n) is 1.56. The van der Waals surface area contributed by atoms with Gasteiger partial charge in [0, 0.05) is 5.39 Å². The molecule has 3 aromatic rings. The molecule has 0 fully saturated rings. The lowest BCUT2D eigenvalue weighted by molar-refractivity contribution is 0.456. The van der Waals surface area contributed by atoms with E-state index in [2.05, 4.69) is 23.4 Å². The van der Waals surface area contributed by atoms with Crippen LogP contribution in [0.4, 0.5) is 0 Å². The van der Waals surface area contributed by atoms with Crippen molar-refractivity contribution in [1.82, 2.24) is 5.16 Å². The molecule has 1 heterocycles. The number of fused-ring (bicyclic) bond motifs is 2. The summed E-state index contributed by atoms with van der Waals surface area (Å²) in [5, 5.41) is 7.21. The SMILES string of the molecule is c1ccc2cc3oncc3cc2c1. The molecule has 0 saturated heterocycles. The van der Waals surface area contributed by atoms with E-state index in [1.807, 2.05) is 18.2 Å². The normalized spacial score (nSPS) is 11.1. The van der Waals surface area contributed by atoms with Crippen molar-refractivity contribution in [2.75, 3.05) is 0 Å². The van der Waals surface area contributed by atoms with Gasteiger partial charge in [0.1, 0.15) is 0 Å². The van der Waals surface area contributed by atoms with E-state index in [9.17, 15) is 0 Å². The minimum atomic E-state index is 0.846. The maximum absolute atomic E-state index is 5.08. The van der Waals surface area contributed by atoms with Crippen molar-refractivity contribution in [3.63, 3.8) is 0 Å². The Labute approximate surface area is 74.8 Å². The van der Waals surface area contributed by atoms with Crippen molar-refractivity contribution in [3.8, 4) is 0 Å². The van der Waals surface area contributed by atoms with Crippen LogP contribution in [0.3, 0.4) is 0 Å². The first-order valence-corrected chi connectivity index (χ1v) is 4.17. The molecule has 62 valence electrons. The zero-order valence-electron chi connectivity index (χ0n) is 6.90. The van der Waals surface area contributed by atoms with Crippen LogP contribution in [-0.4, -0.2) is 5.16 Å². The highest BCUT2D eigenvalue weighted by molar-refractivity contribution is 5.95. The smallest absolute Gasteiger partial charge is 0.167 e. The summed E-state index contributed by atoms with van der Waals surface area (Å²) in [6.07, 6.45) is 1.74. The van der Waals surface area contributed by atoms with Crippen molar-refractivity contribution in [1.29, 1.82) is 0 Å². The molecule has 0 N–H and O–H groups in total. The van der Waals surface area contributed by atoms with Gasteiger partial charge in [0.05, 0.1) is 6.20 Å². The average molecular weight is 169 g/mol. The van der Waals surface area contributed by atoms with E-state index in [1.165, 1.54) is 10.8 Å². The molecule has 3 rings (SSSR count). The van der Waals surface area contributed by atoms with Crippen molar-refractivity contribution in [3.05, 3.63) is 42.6 Å². The maximum Gasteiger partial charge on any atom is 0.167 e.